The summed E-state index contributed by atoms with van der Waals surface area (Å²) in [5.41, 5.74) is 0. The van der Waals surface area contributed by atoms with E-state index in [0.29, 0.717) is 25.5 Å². The molecule has 2 fully saturated rings. The lowest BCUT2D eigenvalue weighted by Crippen LogP contribution is -2.59. The number of hydrogen-bond acceptors (Lipinski definition) is 3. The smallest absolute Gasteiger partial charge is 0.334 e. The lowest BCUT2D eigenvalue weighted by Gasteiger charge is -2.41. The molecule has 0 aromatic heterocycles. The molecule has 102 valence electrons. The molecule has 0 saturated carbocycles. The number of urea groups is 2. The maximum Gasteiger partial charge on any atom is 0.334 e. The third kappa shape index (κ3) is 2.53. The molecule has 2 saturated heterocycles. The monoisotopic (exact) mass is 263 g/mol. The van der Waals surface area contributed by atoms with E-state index in [0.717, 1.165) is 0 Å². The molecule has 0 aromatic rings. The van der Waals surface area contributed by atoms with Gasteiger partial charge in [-0.15, -0.1) is 13.2 Å². The van der Waals surface area contributed by atoms with Gasteiger partial charge >= 0.3 is 12.1 Å². The van der Waals surface area contributed by atoms with E-state index in [2.05, 4.69) is 19.7 Å². The first-order chi connectivity index (χ1) is 9.10. The van der Waals surface area contributed by atoms with Crippen LogP contribution in [0.15, 0.2) is 37.7 Å². The van der Waals surface area contributed by atoms with Crippen molar-refractivity contribution in [1.82, 2.24) is 14.7 Å². The molecule has 19 heavy (non-hydrogen) atoms. The van der Waals surface area contributed by atoms with Crippen LogP contribution in [0.25, 0.3) is 0 Å². The number of carbonyl (C=O) groups excluding carboxylic acids is 2. The van der Waals surface area contributed by atoms with Crippen LogP contribution in [0.3, 0.4) is 0 Å². The molecule has 0 aromatic carbocycles. The summed E-state index contributed by atoms with van der Waals surface area (Å²) in [6.07, 6.45) is 3.14. The number of epoxide rings is 1. The highest BCUT2D eigenvalue weighted by Crippen LogP contribution is 2.23. The first-order valence-corrected chi connectivity index (χ1v) is 6.03. The number of amides is 4. The first-order valence-electron chi connectivity index (χ1n) is 6.03. The van der Waals surface area contributed by atoms with Crippen LogP contribution in [-0.2, 0) is 4.74 Å². The van der Waals surface area contributed by atoms with Gasteiger partial charge in [0.15, 0.2) is 0 Å². The van der Waals surface area contributed by atoms with E-state index in [1.807, 2.05) is 0 Å². The number of hydrogen-bond donors (Lipinski definition) is 0. The van der Waals surface area contributed by atoms with Crippen molar-refractivity contribution in [2.75, 3.05) is 26.2 Å². The molecule has 2 aliphatic heterocycles. The molecule has 0 radical (unpaired) electrons. The molecule has 2 rings (SSSR count). The molecule has 2 aliphatic rings. The van der Waals surface area contributed by atoms with Crippen LogP contribution < -0.4 is 0 Å². The SMILES string of the molecule is C=CCN1C(=C)N(CC=C)C(=O)N(CC2CO2)C1=O. The van der Waals surface area contributed by atoms with Crippen molar-refractivity contribution in [3.05, 3.63) is 37.7 Å². The Labute approximate surface area is 112 Å². The Bertz CT molecular complexity index is 410. The van der Waals surface area contributed by atoms with Gasteiger partial charge in [-0.05, 0) is 0 Å². The summed E-state index contributed by atoms with van der Waals surface area (Å²) >= 11 is 0. The molecular formula is C13H17N3O3. The second-order valence-electron chi connectivity index (χ2n) is 4.35. The van der Waals surface area contributed by atoms with Crippen LogP contribution in [0.1, 0.15) is 0 Å². The third-order valence-corrected chi connectivity index (χ3v) is 2.96. The largest absolute Gasteiger partial charge is 0.371 e. The van der Waals surface area contributed by atoms with Crippen molar-refractivity contribution in [2.24, 2.45) is 0 Å². The fourth-order valence-electron chi connectivity index (χ4n) is 1.90. The fourth-order valence-corrected chi connectivity index (χ4v) is 1.90. The maximum absolute atomic E-state index is 12.3. The molecule has 0 N–H and O–H groups in total. The Kier molecular flexibility index (Phi) is 3.71. The highest BCUT2D eigenvalue weighted by atomic mass is 16.6. The van der Waals surface area contributed by atoms with Gasteiger partial charge in [0, 0.05) is 13.1 Å². The summed E-state index contributed by atoms with van der Waals surface area (Å²) in [5, 5.41) is 0. The molecule has 0 aliphatic carbocycles. The van der Waals surface area contributed by atoms with E-state index in [1.165, 1.54) is 14.7 Å². The summed E-state index contributed by atoms with van der Waals surface area (Å²) in [4.78, 5) is 28.5. The molecule has 6 nitrogen and oxygen atoms in total. The molecule has 4 amide bonds. The third-order valence-electron chi connectivity index (χ3n) is 2.96. The second kappa shape index (κ2) is 5.27. The Morgan fingerprint density at radius 1 is 1.11 bits per heavy atom. The van der Waals surface area contributed by atoms with Gasteiger partial charge in [-0.25, -0.2) is 14.5 Å². The van der Waals surface area contributed by atoms with Crippen molar-refractivity contribution in [1.29, 1.82) is 0 Å². The van der Waals surface area contributed by atoms with Crippen molar-refractivity contribution < 1.29 is 14.3 Å². The van der Waals surface area contributed by atoms with Gasteiger partial charge in [-0.3, -0.25) is 9.80 Å². The zero-order valence-electron chi connectivity index (χ0n) is 10.7. The van der Waals surface area contributed by atoms with Crippen LogP contribution in [0.5, 0.6) is 0 Å². The predicted octanol–water partition coefficient (Wildman–Crippen LogP) is 1.39. The number of imide groups is 1. The molecule has 2 heterocycles. The molecule has 1 unspecified atom stereocenters. The number of carbonyl (C=O) groups is 2. The lowest BCUT2D eigenvalue weighted by molar-refractivity contribution is 0.114. The fraction of sp³-hybridized carbons (Fsp3) is 0.385. The van der Waals surface area contributed by atoms with Crippen LogP contribution in [-0.4, -0.2) is 59.1 Å². The Morgan fingerprint density at radius 2 is 1.58 bits per heavy atom. The lowest BCUT2D eigenvalue weighted by atomic mass is 10.3. The summed E-state index contributed by atoms with van der Waals surface area (Å²) in [5.74, 6) is 0.350. The molecule has 6 heteroatoms. The van der Waals surface area contributed by atoms with Gasteiger partial charge in [0.05, 0.1) is 19.3 Å². The van der Waals surface area contributed by atoms with Crippen LogP contribution in [0.2, 0.25) is 0 Å². The van der Waals surface area contributed by atoms with Crippen LogP contribution >= 0.6 is 0 Å². The molecular weight excluding hydrogens is 246 g/mol. The van der Waals surface area contributed by atoms with Gasteiger partial charge in [-0.2, -0.15) is 0 Å². The standard InChI is InChI=1S/C13H17N3O3/c1-4-6-14-10(3)15(7-5-2)13(18)16(12(14)17)8-11-9-19-11/h4-5,11H,1-3,6-9H2. The predicted molar refractivity (Wildman–Crippen MR) is 70.2 cm³/mol. The Balaban J connectivity index is 2.23. The number of ether oxygens (including phenoxy) is 1. The topological polar surface area (TPSA) is 56.4 Å². The zero-order chi connectivity index (χ0) is 14.0. The van der Waals surface area contributed by atoms with E-state index in [-0.39, 0.29) is 24.7 Å². The van der Waals surface area contributed by atoms with E-state index in [1.54, 1.807) is 12.2 Å². The molecule has 1 atom stereocenters. The van der Waals surface area contributed by atoms with Gasteiger partial charge < -0.3 is 4.74 Å². The van der Waals surface area contributed by atoms with E-state index < -0.39 is 0 Å². The van der Waals surface area contributed by atoms with Gasteiger partial charge in [0.1, 0.15) is 5.82 Å². The average Bonchev–Trinajstić information content (AvgIpc) is 3.20. The number of rotatable bonds is 6. The van der Waals surface area contributed by atoms with E-state index in [9.17, 15) is 9.59 Å². The Hall–Kier alpha value is -2.08. The second-order valence-corrected chi connectivity index (χ2v) is 4.35. The molecule has 0 bridgehead atoms. The van der Waals surface area contributed by atoms with E-state index >= 15 is 0 Å². The first kappa shape index (κ1) is 13.4. The molecule has 0 spiro atoms. The summed E-state index contributed by atoms with van der Waals surface area (Å²) < 4.78 is 5.08. The van der Waals surface area contributed by atoms with Gasteiger partial charge in [0.25, 0.3) is 0 Å². The Morgan fingerprint density at radius 3 is 1.95 bits per heavy atom. The van der Waals surface area contributed by atoms with Crippen LogP contribution in [0, 0.1) is 0 Å². The zero-order valence-corrected chi connectivity index (χ0v) is 10.7. The summed E-state index contributed by atoms with van der Waals surface area (Å²) in [7, 11) is 0. The highest BCUT2D eigenvalue weighted by molar-refractivity contribution is 5.98. The van der Waals surface area contributed by atoms with E-state index in [4.69, 9.17) is 4.74 Å². The van der Waals surface area contributed by atoms with Gasteiger partial charge in [0.2, 0.25) is 0 Å². The summed E-state index contributed by atoms with van der Waals surface area (Å²) in [6, 6.07) is -0.767. The van der Waals surface area contributed by atoms with Gasteiger partial charge in [-0.1, -0.05) is 18.7 Å². The van der Waals surface area contributed by atoms with Crippen molar-refractivity contribution in [3.63, 3.8) is 0 Å². The average molecular weight is 263 g/mol. The minimum absolute atomic E-state index is 0.0459. The minimum atomic E-state index is -0.384. The maximum atomic E-state index is 12.3. The minimum Gasteiger partial charge on any atom is -0.371 e. The number of nitrogens with zero attached hydrogens (tertiary/aromatic N) is 3. The highest BCUT2D eigenvalue weighted by Gasteiger charge is 2.41. The normalized spacial score (nSPS) is 22.8. The quantitative estimate of drug-likeness (QED) is 0.537. The summed E-state index contributed by atoms with van der Waals surface area (Å²) in [6.45, 7) is 12.5. The van der Waals surface area contributed by atoms with Crippen molar-refractivity contribution in [2.45, 2.75) is 6.10 Å². The van der Waals surface area contributed by atoms with Crippen molar-refractivity contribution in [3.8, 4) is 0 Å². The van der Waals surface area contributed by atoms with Crippen molar-refractivity contribution >= 4 is 12.1 Å². The van der Waals surface area contributed by atoms with Crippen LogP contribution in [0.4, 0.5) is 9.59 Å².